The van der Waals surface area contributed by atoms with Crippen molar-refractivity contribution in [3.8, 4) is 0 Å². The molecule has 0 radical (unpaired) electrons. The summed E-state index contributed by atoms with van der Waals surface area (Å²) in [6.07, 6.45) is 2.87. The summed E-state index contributed by atoms with van der Waals surface area (Å²) in [5, 5.41) is 0. The normalized spacial score (nSPS) is 15.3. The van der Waals surface area contributed by atoms with Gasteiger partial charge in [0.15, 0.2) is 12.0 Å². The van der Waals surface area contributed by atoms with Crippen molar-refractivity contribution in [3.05, 3.63) is 34.8 Å². The van der Waals surface area contributed by atoms with Crippen LogP contribution in [0.4, 0.5) is 0 Å². The third-order valence-corrected chi connectivity index (χ3v) is 3.22. The van der Waals surface area contributed by atoms with Crippen molar-refractivity contribution in [2.45, 2.75) is 20.3 Å². The molecule has 0 atom stereocenters. The quantitative estimate of drug-likeness (QED) is 0.616. The number of rotatable bonds is 3. The lowest BCUT2D eigenvalue weighted by Gasteiger charge is -2.14. The van der Waals surface area contributed by atoms with Crippen molar-refractivity contribution in [2.24, 2.45) is 0 Å². The first-order valence-electron chi connectivity index (χ1n) is 6.33. The van der Waals surface area contributed by atoms with Crippen molar-refractivity contribution in [1.82, 2.24) is 4.98 Å². The minimum atomic E-state index is 0.0514. The highest BCUT2D eigenvalue weighted by atomic mass is 16.5. The van der Waals surface area contributed by atoms with Crippen LogP contribution in [-0.4, -0.2) is 42.3 Å². The van der Waals surface area contributed by atoms with Gasteiger partial charge in [-0.25, -0.2) is 4.58 Å². The van der Waals surface area contributed by atoms with Gasteiger partial charge in [0, 0.05) is 11.3 Å². The molecule has 2 heterocycles. The van der Waals surface area contributed by atoms with Crippen LogP contribution in [0.15, 0.2) is 17.9 Å². The molecule has 4 nitrogen and oxygen atoms in total. The molecule has 1 aliphatic heterocycles. The molecule has 0 bridgehead atoms. The molecular formula is C15H19N2O2+. The van der Waals surface area contributed by atoms with E-state index in [1.54, 1.807) is 14.0 Å². The lowest BCUT2D eigenvalue weighted by Crippen LogP contribution is -2.18. The summed E-state index contributed by atoms with van der Waals surface area (Å²) in [4.78, 5) is 16.1. The standard InChI is InChI=1S/C15H19N2O2/c1-10-7-12(11(2)18)8-14(16-10)13-9-17(3)6-5-15(13)19-4/h7-9H,5-6H2,1-4H3/q+1. The average Bonchev–Trinajstić information content (AvgIpc) is 2.37. The number of aryl methyl sites for hydroxylation is 1. The number of methoxy groups -OCH3 is 1. The molecule has 1 aromatic rings. The summed E-state index contributed by atoms with van der Waals surface area (Å²) >= 11 is 0. The summed E-state index contributed by atoms with van der Waals surface area (Å²) in [6, 6.07) is 3.64. The van der Waals surface area contributed by atoms with Crippen LogP contribution in [0.2, 0.25) is 0 Å². The highest BCUT2D eigenvalue weighted by Crippen LogP contribution is 2.22. The second-order valence-electron chi connectivity index (χ2n) is 4.84. The van der Waals surface area contributed by atoms with E-state index in [-0.39, 0.29) is 5.78 Å². The number of nitrogens with zero attached hydrogens (tertiary/aromatic N) is 2. The van der Waals surface area contributed by atoms with Crippen LogP contribution in [-0.2, 0) is 4.74 Å². The number of pyridine rings is 1. The number of hydrogen-bond donors (Lipinski definition) is 0. The zero-order valence-corrected chi connectivity index (χ0v) is 11.9. The fourth-order valence-corrected chi connectivity index (χ4v) is 2.20. The molecule has 0 saturated heterocycles. The van der Waals surface area contributed by atoms with Crippen LogP contribution in [0.1, 0.15) is 35.1 Å². The molecule has 0 N–H and O–H groups in total. The summed E-state index contributed by atoms with van der Waals surface area (Å²) in [5.74, 6) is 0.973. The summed E-state index contributed by atoms with van der Waals surface area (Å²) in [7, 11) is 3.70. The Hall–Kier alpha value is -1.97. The Bertz CT molecular complexity index is 586. The van der Waals surface area contributed by atoms with Gasteiger partial charge in [0.05, 0.1) is 19.2 Å². The van der Waals surface area contributed by atoms with E-state index in [4.69, 9.17) is 4.74 Å². The lowest BCUT2D eigenvalue weighted by atomic mass is 10.0. The van der Waals surface area contributed by atoms with Crippen molar-refractivity contribution >= 4 is 17.6 Å². The first-order chi connectivity index (χ1) is 9.01. The molecule has 1 aromatic heterocycles. The number of ketones is 1. The molecular weight excluding hydrogens is 240 g/mol. The van der Waals surface area contributed by atoms with Crippen LogP contribution in [0.25, 0.3) is 5.57 Å². The van der Waals surface area contributed by atoms with E-state index < -0.39 is 0 Å². The summed E-state index contributed by atoms with van der Waals surface area (Å²) in [6.45, 7) is 4.40. The van der Waals surface area contributed by atoms with Crippen molar-refractivity contribution in [1.29, 1.82) is 0 Å². The topological polar surface area (TPSA) is 42.2 Å². The van der Waals surface area contributed by atoms with Crippen molar-refractivity contribution in [3.63, 3.8) is 0 Å². The molecule has 100 valence electrons. The van der Waals surface area contributed by atoms with Crippen molar-refractivity contribution in [2.75, 3.05) is 20.7 Å². The smallest absolute Gasteiger partial charge is 0.176 e. The second kappa shape index (κ2) is 5.34. The van der Waals surface area contributed by atoms with E-state index in [0.717, 1.165) is 35.7 Å². The average molecular weight is 259 g/mol. The van der Waals surface area contributed by atoms with E-state index in [1.807, 2.05) is 32.3 Å². The predicted molar refractivity (Wildman–Crippen MR) is 74.6 cm³/mol. The molecule has 19 heavy (non-hydrogen) atoms. The maximum atomic E-state index is 11.6. The molecule has 0 amide bonds. The Morgan fingerprint density at radius 3 is 2.79 bits per heavy atom. The molecule has 0 aliphatic carbocycles. The van der Waals surface area contributed by atoms with Gasteiger partial charge in [0.2, 0.25) is 0 Å². The van der Waals surface area contributed by atoms with E-state index in [9.17, 15) is 4.79 Å². The Morgan fingerprint density at radius 2 is 2.16 bits per heavy atom. The molecule has 2 rings (SSSR count). The molecule has 4 heteroatoms. The predicted octanol–water partition coefficient (Wildman–Crippen LogP) is 2.07. The minimum absolute atomic E-state index is 0.0514. The maximum Gasteiger partial charge on any atom is 0.176 e. The van der Waals surface area contributed by atoms with Gasteiger partial charge in [-0.05, 0) is 26.0 Å². The van der Waals surface area contributed by atoms with E-state index in [0.29, 0.717) is 5.56 Å². The third kappa shape index (κ3) is 2.89. The summed E-state index contributed by atoms with van der Waals surface area (Å²) < 4.78 is 7.55. The zero-order chi connectivity index (χ0) is 14.0. The van der Waals surface area contributed by atoms with Crippen LogP contribution in [0.3, 0.4) is 0 Å². The maximum absolute atomic E-state index is 11.6. The Kier molecular flexibility index (Phi) is 3.79. The molecule has 0 fully saturated rings. The number of Topliss-reactive ketones (excluding diaryl/α,β-unsaturated/α-hetero) is 1. The van der Waals surface area contributed by atoms with Gasteiger partial charge in [0.1, 0.15) is 24.9 Å². The molecule has 0 spiro atoms. The van der Waals surface area contributed by atoms with E-state index in [1.165, 1.54) is 0 Å². The number of ether oxygens (including phenoxy) is 1. The van der Waals surface area contributed by atoms with Crippen LogP contribution in [0, 0.1) is 6.92 Å². The first-order valence-corrected chi connectivity index (χ1v) is 6.33. The minimum Gasteiger partial charge on any atom is -0.500 e. The number of carbonyl (C=O) groups is 1. The largest absolute Gasteiger partial charge is 0.500 e. The van der Waals surface area contributed by atoms with E-state index in [2.05, 4.69) is 9.56 Å². The molecule has 0 unspecified atom stereocenters. The Balaban J connectivity index is 2.57. The Labute approximate surface area is 113 Å². The number of aromatic nitrogens is 1. The van der Waals surface area contributed by atoms with Gasteiger partial charge in [-0.3, -0.25) is 9.78 Å². The molecule has 1 aliphatic rings. The number of carbonyl (C=O) groups excluding carboxylic acids is 1. The molecule has 0 saturated carbocycles. The van der Waals surface area contributed by atoms with E-state index >= 15 is 0 Å². The molecule has 0 aromatic carbocycles. The van der Waals surface area contributed by atoms with Gasteiger partial charge in [-0.2, -0.15) is 0 Å². The van der Waals surface area contributed by atoms with Gasteiger partial charge < -0.3 is 4.74 Å². The van der Waals surface area contributed by atoms with Crippen LogP contribution >= 0.6 is 0 Å². The SMILES string of the molecule is COC1=C(c2cc(C(C)=O)cc(C)n2)C=[N+](C)CC1. The number of allylic oxidation sites excluding steroid dienone is 1. The zero-order valence-electron chi connectivity index (χ0n) is 11.9. The fraction of sp³-hybridized carbons (Fsp3) is 0.400. The lowest BCUT2D eigenvalue weighted by molar-refractivity contribution is -0.492. The summed E-state index contributed by atoms with van der Waals surface area (Å²) in [5.41, 5.74) is 3.29. The third-order valence-electron chi connectivity index (χ3n) is 3.22. The highest BCUT2D eigenvalue weighted by molar-refractivity contribution is 6.08. The van der Waals surface area contributed by atoms with Crippen molar-refractivity contribution < 1.29 is 14.1 Å². The Morgan fingerprint density at radius 1 is 1.42 bits per heavy atom. The van der Waals surface area contributed by atoms with Gasteiger partial charge in [-0.1, -0.05) is 0 Å². The fourth-order valence-electron chi connectivity index (χ4n) is 2.20. The van der Waals surface area contributed by atoms with Gasteiger partial charge in [0.25, 0.3) is 0 Å². The first kappa shape index (κ1) is 13.5. The second-order valence-corrected chi connectivity index (χ2v) is 4.84. The monoisotopic (exact) mass is 259 g/mol. The van der Waals surface area contributed by atoms with Crippen LogP contribution in [0.5, 0.6) is 0 Å². The number of hydrogen-bond acceptors (Lipinski definition) is 3. The van der Waals surface area contributed by atoms with Gasteiger partial charge >= 0.3 is 0 Å². The highest BCUT2D eigenvalue weighted by Gasteiger charge is 2.20. The van der Waals surface area contributed by atoms with Gasteiger partial charge in [-0.15, -0.1) is 0 Å². The van der Waals surface area contributed by atoms with Crippen LogP contribution < -0.4 is 0 Å².